The quantitative estimate of drug-likeness (QED) is 0.889. The van der Waals surface area contributed by atoms with Crippen LogP contribution in [0.4, 0.5) is 11.5 Å². The lowest BCUT2D eigenvalue weighted by atomic mass is 10.2. The van der Waals surface area contributed by atoms with Crippen LogP contribution >= 0.6 is 11.3 Å². The molecule has 0 fully saturated rings. The lowest BCUT2D eigenvalue weighted by Crippen LogP contribution is -2.13. The second-order valence-electron chi connectivity index (χ2n) is 4.05. The Kier molecular flexibility index (Phi) is 3.94. The van der Waals surface area contributed by atoms with Crippen LogP contribution in [0, 0.1) is 6.92 Å². The molecule has 0 saturated heterocycles. The molecule has 2 aromatic heterocycles. The number of nitrogens with zero attached hydrogens (tertiary/aromatic N) is 1. The third-order valence-electron chi connectivity index (χ3n) is 2.60. The first-order valence-corrected chi connectivity index (χ1v) is 6.57. The van der Waals surface area contributed by atoms with Crippen LogP contribution in [0.5, 0.6) is 0 Å². The molecule has 0 radical (unpaired) electrons. The maximum Gasteiger partial charge on any atom is 0.225 e. The van der Waals surface area contributed by atoms with Gasteiger partial charge in [0, 0.05) is 11.3 Å². The van der Waals surface area contributed by atoms with Crippen LogP contribution in [0.15, 0.2) is 29.8 Å². The molecule has 2 aromatic rings. The van der Waals surface area contributed by atoms with E-state index in [0.29, 0.717) is 17.9 Å². The first-order valence-electron chi connectivity index (χ1n) is 5.69. The van der Waals surface area contributed by atoms with Gasteiger partial charge < -0.3 is 11.1 Å². The van der Waals surface area contributed by atoms with Gasteiger partial charge in [-0.2, -0.15) is 0 Å². The van der Waals surface area contributed by atoms with Gasteiger partial charge in [-0.3, -0.25) is 4.79 Å². The Bertz CT molecular complexity index is 533. The van der Waals surface area contributed by atoms with E-state index in [9.17, 15) is 4.79 Å². The number of aromatic nitrogens is 1. The average molecular weight is 261 g/mol. The van der Waals surface area contributed by atoms with Crippen molar-refractivity contribution in [2.45, 2.75) is 19.8 Å². The van der Waals surface area contributed by atoms with Gasteiger partial charge in [0.1, 0.15) is 5.82 Å². The van der Waals surface area contributed by atoms with E-state index in [0.717, 1.165) is 6.42 Å². The third kappa shape index (κ3) is 3.30. The number of anilines is 2. The number of carbonyl (C=O) groups is 1. The van der Waals surface area contributed by atoms with Crippen LogP contribution in [0.2, 0.25) is 0 Å². The molecule has 0 aliphatic heterocycles. The van der Waals surface area contributed by atoms with Crippen molar-refractivity contribution < 1.29 is 4.79 Å². The number of hydrogen-bond acceptors (Lipinski definition) is 4. The van der Waals surface area contributed by atoms with Gasteiger partial charge in [-0.1, -0.05) is 0 Å². The van der Waals surface area contributed by atoms with Crippen molar-refractivity contribution in [3.05, 3.63) is 40.2 Å². The number of pyridine rings is 1. The fourth-order valence-electron chi connectivity index (χ4n) is 1.57. The summed E-state index contributed by atoms with van der Waals surface area (Å²) in [7, 11) is 0. The summed E-state index contributed by atoms with van der Waals surface area (Å²) in [6, 6.07) is 5.48. The molecular formula is C13H15N3OS. The Morgan fingerprint density at radius 3 is 2.89 bits per heavy atom. The Morgan fingerprint density at radius 2 is 2.28 bits per heavy atom. The number of hydrogen-bond donors (Lipinski definition) is 2. The van der Waals surface area contributed by atoms with Crippen molar-refractivity contribution in [3.8, 4) is 0 Å². The van der Waals surface area contributed by atoms with E-state index in [1.807, 2.05) is 5.38 Å². The Labute approximate surface area is 110 Å². The number of nitrogens with one attached hydrogen (secondary N) is 1. The van der Waals surface area contributed by atoms with Crippen LogP contribution in [-0.2, 0) is 11.2 Å². The maximum atomic E-state index is 11.7. The maximum absolute atomic E-state index is 11.7. The summed E-state index contributed by atoms with van der Waals surface area (Å²) in [5, 5.41) is 4.80. The number of thiophene rings is 1. The third-order valence-corrected chi connectivity index (χ3v) is 3.68. The molecule has 0 aliphatic carbocycles. The van der Waals surface area contributed by atoms with E-state index >= 15 is 0 Å². The minimum atomic E-state index is -0.0277. The van der Waals surface area contributed by atoms with Gasteiger partial charge in [-0.05, 0) is 42.5 Å². The summed E-state index contributed by atoms with van der Waals surface area (Å²) in [6.07, 6.45) is 2.76. The number of nitrogens with two attached hydrogens (primary N) is 1. The highest BCUT2D eigenvalue weighted by Crippen LogP contribution is 2.17. The lowest BCUT2D eigenvalue weighted by Gasteiger charge is -2.04. The summed E-state index contributed by atoms with van der Waals surface area (Å²) in [5.74, 6) is 0.511. The zero-order valence-electron chi connectivity index (χ0n) is 10.1. The van der Waals surface area contributed by atoms with Gasteiger partial charge in [0.25, 0.3) is 0 Å². The lowest BCUT2D eigenvalue weighted by molar-refractivity contribution is -0.116. The van der Waals surface area contributed by atoms with Crippen LogP contribution in [-0.4, -0.2) is 10.9 Å². The number of nitrogen functional groups attached to an aromatic ring is 1. The van der Waals surface area contributed by atoms with Crippen molar-refractivity contribution in [1.82, 2.24) is 4.98 Å². The minimum Gasteiger partial charge on any atom is -0.397 e. The number of rotatable bonds is 4. The molecule has 0 saturated carbocycles. The van der Waals surface area contributed by atoms with Crippen molar-refractivity contribution in [1.29, 1.82) is 0 Å². The molecule has 4 nitrogen and oxygen atoms in total. The van der Waals surface area contributed by atoms with Gasteiger partial charge in [0.2, 0.25) is 5.91 Å². The first kappa shape index (κ1) is 12.6. The van der Waals surface area contributed by atoms with Gasteiger partial charge in [0.05, 0.1) is 11.9 Å². The highest BCUT2D eigenvalue weighted by atomic mass is 32.1. The summed E-state index contributed by atoms with van der Waals surface area (Å²) < 4.78 is 0. The zero-order valence-corrected chi connectivity index (χ0v) is 11.0. The molecule has 0 aliphatic rings. The molecule has 2 rings (SSSR count). The van der Waals surface area contributed by atoms with Crippen LogP contribution in [0.3, 0.4) is 0 Å². The highest BCUT2D eigenvalue weighted by Gasteiger charge is 2.06. The molecule has 0 unspecified atom stereocenters. The fraction of sp³-hybridized carbons (Fsp3) is 0.231. The van der Waals surface area contributed by atoms with E-state index in [1.165, 1.54) is 16.6 Å². The standard InChI is InChI=1S/C13H15N3OS/c1-9-6-7-18-11(9)3-5-13(17)16-12-4-2-10(14)8-15-12/h2,4,6-8H,3,5,14H2,1H3,(H,15,16,17). The van der Waals surface area contributed by atoms with Crippen molar-refractivity contribution in [2.24, 2.45) is 0 Å². The Morgan fingerprint density at radius 1 is 1.44 bits per heavy atom. The molecule has 2 heterocycles. The van der Waals surface area contributed by atoms with E-state index < -0.39 is 0 Å². The molecule has 3 N–H and O–H groups in total. The highest BCUT2D eigenvalue weighted by molar-refractivity contribution is 7.10. The molecule has 5 heteroatoms. The smallest absolute Gasteiger partial charge is 0.225 e. The molecule has 0 aromatic carbocycles. The second kappa shape index (κ2) is 5.64. The summed E-state index contributed by atoms with van der Waals surface area (Å²) >= 11 is 1.69. The monoisotopic (exact) mass is 261 g/mol. The van der Waals surface area contributed by atoms with Crippen LogP contribution in [0.1, 0.15) is 16.9 Å². The minimum absolute atomic E-state index is 0.0277. The SMILES string of the molecule is Cc1ccsc1CCC(=O)Nc1ccc(N)cn1. The predicted molar refractivity (Wildman–Crippen MR) is 74.7 cm³/mol. The molecular weight excluding hydrogens is 246 g/mol. The van der Waals surface area contributed by atoms with E-state index in [-0.39, 0.29) is 5.91 Å². The number of amides is 1. The summed E-state index contributed by atoms with van der Waals surface area (Å²) in [6.45, 7) is 2.06. The molecule has 1 amide bonds. The van der Waals surface area contributed by atoms with Crippen molar-refractivity contribution in [3.63, 3.8) is 0 Å². The Hall–Kier alpha value is -1.88. The predicted octanol–water partition coefficient (Wildman–Crippen LogP) is 2.61. The van der Waals surface area contributed by atoms with Gasteiger partial charge >= 0.3 is 0 Å². The van der Waals surface area contributed by atoms with Crippen LogP contribution < -0.4 is 11.1 Å². The Balaban J connectivity index is 1.86. The number of aryl methyl sites for hydroxylation is 2. The molecule has 94 valence electrons. The van der Waals surface area contributed by atoms with E-state index in [1.54, 1.807) is 23.5 Å². The van der Waals surface area contributed by atoms with E-state index in [4.69, 9.17) is 5.73 Å². The number of carbonyl (C=O) groups excluding carboxylic acids is 1. The molecule has 0 bridgehead atoms. The van der Waals surface area contributed by atoms with Gasteiger partial charge in [-0.25, -0.2) is 4.98 Å². The van der Waals surface area contributed by atoms with E-state index in [2.05, 4.69) is 23.3 Å². The average Bonchev–Trinajstić information content (AvgIpc) is 2.75. The summed E-state index contributed by atoms with van der Waals surface area (Å²) in [4.78, 5) is 17.0. The van der Waals surface area contributed by atoms with Gasteiger partial charge in [-0.15, -0.1) is 11.3 Å². The van der Waals surface area contributed by atoms with Crippen molar-refractivity contribution >= 4 is 28.7 Å². The molecule has 0 spiro atoms. The largest absolute Gasteiger partial charge is 0.397 e. The van der Waals surface area contributed by atoms with Crippen molar-refractivity contribution in [2.75, 3.05) is 11.1 Å². The topological polar surface area (TPSA) is 68.0 Å². The normalized spacial score (nSPS) is 10.3. The molecule has 0 atom stereocenters. The second-order valence-corrected chi connectivity index (χ2v) is 5.05. The molecule has 18 heavy (non-hydrogen) atoms. The van der Waals surface area contributed by atoms with Gasteiger partial charge in [0.15, 0.2) is 0 Å². The summed E-state index contributed by atoms with van der Waals surface area (Å²) in [5.41, 5.74) is 7.36. The zero-order chi connectivity index (χ0) is 13.0. The first-order chi connectivity index (χ1) is 8.65. The fourth-order valence-corrected chi connectivity index (χ4v) is 2.48. The van der Waals surface area contributed by atoms with Crippen LogP contribution in [0.25, 0.3) is 0 Å².